The molecule has 1 aliphatic heterocycles. The zero-order chi connectivity index (χ0) is 22.5. The van der Waals surface area contributed by atoms with Gasteiger partial charge in [-0.2, -0.15) is 0 Å². The van der Waals surface area contributed by atoms with Crippen LogP contribution in [0.5, 0.6) is 0 Å². The summed E-state index contributed by atoms with van der Waals surface area (Å²) >= 11 is 0. The van der Waals surface area contributed by atoms with Gasteiger partial charge in [0.2, 0.25) is 0 Å². The summed E-state index contributed by atoms with van der Waals surface area (Å²) < 4.78 is 0. The number of carbonyl (C=O) groups excluding carboxylic acids is 4. The Labute approximate surface area is 181 Å². The van der Waals surface area contributed by atoms with Gasteiger partial charge in [0.1, 0.15) is 0 Å². The summed E-state index contributed by atoms with van der Waals surface area (Å²) in [6, 6.07) is 12.8. The van der Waals surface area contributed by atoms with Crippen LogP contribution in [0.4, 0.5) is 21.0 Å². The molecule has 2 N–H and O–H groups in total. The molecule has 2 aromatic carbocycles. The van der Waals surface area contributed by atoms with Gasteiger partial charge in [0.15, 0.2) is 11.6 Å². The highest BCUT2D eigenvalue weighted by atomic mass is 16.2. The number of Topliss-reactive ketones (excluding diaryl/α,β-unsaturated/α-hetero) is 2. The zero-order valence-electron chi connectivity index (χ0n) is 17.8. The van der Waals surface area contributed by atoms with E-state index >= 15 is 0 Å². The lowest BCUT2D eigenvalue weighted by atomic mass is 10.1. The molecule has 0 bridgehead atoms. The van der Waals surface area contributed by atoms with E-state index in [1.807, 2.05) is 6.92 Å². The van der Waals surface area contributed by atoms with Crippen molar-refractivity contribution in [3.05, 3.63) is 59.7 Å². The highest BCUT2D eigenvalue weighted by Crippen LogP contribution is 2.16. The summed E-state index contributed by atoms with van der Waals surface area (Å²) in [7, 11) is 0. The Morgan fingerprint density at radius 3 is 1.61 bits per heavy atom. The van der Waals surface area contributed by atoms with E-state index in [-0.39, 0.29) is 29.7 Å². The third-order valence-corrected chi connectivity index (χ3v) is 5.26. The molecule has 4 amide bonds. The van der Waals surface area contributed by atoms with Gasteiger partial charge in [0, 0.05) is 48.2 Å². The summed E-state index contributed by atoms with van der Waals surface area (Å²) in [5.41, 5.74) is 2.39. The van der Waals surface area contributed by atoms with Crippen molar-refractivity contribution in [3.63, 3.8) is 0 Å². The van der Waals surface area contributed by atoms with Crippen molar-refractivity contribution in [1.82, 2.24) is 9.80 Å². The zero-order valence-corrected chi connectivity index (χ0v) is 17.8. The second-order valence-corrected chi connectivity index (χ2v) is 7.62. The molecule has 162 valence electrons. The number of hydrogen-bond donors (Lipinski definition) is 2. The van der Waals surface area contributed by atoms with E-state index in [9.17, 15) is 19.2 Å². The van der Waals surface area contributed by atoms with Gasteiger partial charge in [-0.05, 0) is 69.3 Å². The molecule has 0 unspecified atom stereocenters. The van der Waals surface area contributed by atoms with E-state index in [2.05, 4.69) is 10.6 Å². The minimum Gasteiger partial charge on any atom is -0.321 e. The van der Waals surface area contributed by atoms with E-state index < -0.39 is 0 Å². The number of ketones is 2. The molecule has 0 saturated carbocycles. The van der Waals surface area contributed by atoms with Crippen molar-refractivity contribution in [3.8, 4) is 0 Å². The number of benzene rings is 2. The Bertz CT molecular complexity index is 986. The van der Waals surface area contributed by atoms with E-state index in [0.29, 0.717) is 42.1 Å². The third kappa shape index (κ3) is 5.48. The number of nitrogens with one attached hydrogen (secondary N) is 2. The lowest BCUT2D eigenvalue weighted by Crippen LogP contribution is -2.57. The Balaban J connectivity index is 1.54. The van der Waals surface area contributed by atoms with Crippen molar-refractivity contribution >= 4 is 35.0 Å². The Kier molecular flexibility index (Phi) is 6.69. The molecule has 0 aliphatic carbocycles. The molecule has 3 rings (SSSR count). The second kappa shape index (κ2) is 9.42. The third-order valence-electron chi connectivity index (χ3n) is 5.26. The van der Waals surface area contributed by atoms with Crippen molar-refractivity contribution in [1.29, 1.82) is 0 Å². The monoisotopic (exact) mass is 422 g/mol. The number of piperazine rings is 1. The predicted octanol–water partition coefficient (Wildman–Crippen LogP) is 3.86. The Morgan fingerprint density at radius 1 is 0.742 bits per heavy atom. The van der Waals surface area contributed by atoms with Gasteiger partial charge < -0.3 is 20.4 Å². The van der Waals surface area contributed by atoms with Crippen molar-refractivity contribution in [2.45, 2.75) is 26.8 Å². The standard InChI is InChI=1S/C23H26N4O4/c1-15-14-26(22(30)24-20-8-4-18(5-9-20)16(2)28)12-13-27(15)23(31)25-21-10-6-19(7-11-21)17(3)29/h4-11,15H,12-14H2,1-3H3,(H,24,30)(H,25,31)/t15-/m0/s1. The van der Waals surface area contributed by atoms with E-state index in [1.54, 1.807) is 58.3 Å². The number of rotatable bonds is 4. The van der Waals surface area contributed by atoms with Crippen LogP contribution in [0.2, 0.25) is 0 Å². The van der Waals surface area contributed by atoms with Crippen LogP contribution in [0.1, 0.15) is 41.5 Å². The number of amides is 4. The maximum atomic E-state index is 12.7. The van der Waals surface area contributed by atoms with Gasteiger partial charge in [0.25, 0.3) is 0 Å². The van der Waals surface area contributed by atoms with E-state index in [1.165, 1.54) is 13.8 Å². The molecule has 0 radical (unpaired) electrons. The minimum atomic E-state index is -0.248. The van der Waals surface area contributed by atoms with E-state index in [0.717, 1.165) is 0 Å². The molecule has 0 spiro atoms. The van der Waals surface area contributed by atoms with E-state index in [4.69, 9.17) is 0 Å². The first-order valence-electron chi connectivity index (χ1n) is 10.1. The Morgan fingerprint density at radius 2 is 1.19 bits per heavy atom. The maximum Gasteiger partial charge on any atom is 0.322 e. The molecule has 31 heavy (non-hydrogen) atoms. The number of carbonyl (C=O) groups is 4. The molecule has 0 aromatic heterocycles. The van der Waals surface area contributed by atoms with Crippen molar-refractivity contribution < 1.29 is 19.2 Å². The number of urea groups is 2. The lowest BCUT2D eigenvalue weighted by molar-refractivity contribution is 0.100. The molecule has 2 aromatic rings. The Hall–Kier alpha value is -3.68. The fourth-order valence-corrected chi connectivity index (χ4v) is 3.42. The molecule has 1 heterocycles. The quantitative estimate of drug-likeness (QED) is 0.731. The summed E-state index contributed by atoms with van der Waals surface area (Å²) in [5, 5.41) is 5.66. The van der Waals surface area contributed by atoms with Crippen LogP contribution < -0.4 is 10.6 Å². The van der Waals surface area contributed by atoms with Gasteiger partial charge in [-0.3, -0.25) is 9.59 Å². The SMILES string of the molecule is CC(=O)c1ccc(NC(=O)N2CCN(C(=O)Nc3ccc(C(C)=O)cc3)[C@@H](C)C2)cc1. The first kappa shape index (κ1) is 22.0. The second-order valence-electron chi connectivity index (χ2n) is 7.62. The molecule has 1 saturated heterocycles. The van der Waals surface area contributed by atoms with Gasteiger partial charge >= 0.3 is 12.1 Å². The average molecular weight is 422 g/mol. The summed E-state index contributed by atoms with van der Waals surface area (Å²) in [5.74, 6) is -0.0633. The highest BCUT2D eigenvalue weighted by molar-refractivity contribution is 5.96. The maximum absolute atomic E-state index is 12.7. The van der Waals surface area contributed by atoms with Crippen LogP contribution >= 0.6 is 0 Å². The molecule has 1 fully saturated rings. The fraction of sp³-hybridized carbons (Fsp3) is 0.304. The molecular weight excluding hydrogens is 396 g/mol. The fourth-order valence-electron chi connectivity index (χ4n) is 3.42. The lowest BCUT2D eigenvalue weighted by Gasteiger charge is -2.39. The van der Waals surface area contributed by atoms with Crippen LogP contribution in [0.3, 0.4) is 0 Å². The van der Waals surface area contributed by atoms with Crippen LogP contribution in [0, 0.1) is 0 Å². The van der Waals surface area contributed by atoms with Crippen LogP contribution in [-0.4, -0.2) is 59.1 Å². The molecule has 8 nitrogen and oxygen atoms in total. The predicted molar refractivity (Wildman–Crippen MR) is 119 cm³/mol. The van der Waals surface area contributed by atoms with Crippen LogP contribution in [0.15, 0.2) is 48.5 Å². The molecule has 1 aliphatic rings. The first-order valence-corrected chi connectivity index (χ1v) is 10.1. The first-order chi connectivity index (χ1) is 14.7. The normalized spacial score (nSPS) is 15.9. The van der Waals surface area contributed by atoms with Crippen molar-refractivity contribution in [2.75, 3.05) is 30.3 Å². The highest BCUT2D eigenvalue weighted by Gasteiger charge is 2.30. The molecule has 8 heteroatoms. The van der Waals surface area contributed by atoms with Crippen LogP contribution in [-0.2, 0) is 0 Å². The van der Waals surface area contributed by atoms with Gasteiger partial charge in [-0.25, -0.2) is 9.59 Å². The summed E-state index contributed by atoms with van der Waals surface area (Å²) in [6.07, 6.45) is 0. The number of nitrogens with zero attached hydrogens (tertiary/aromatic N) is 2. The van der Waals surface area contributed by atoms with Crippen molar-refractivity contribution in [2.24, 2.45) is 0 Å². The van der Waals surface area contributed by atoms with Gasteiger partial charge in [0.05, 0.1) is 0 Å². The summed E-state index contributed by atoms with van der Waals surface area (Å²) in [4.78, 5) is 51.3. The largest absolute Gasteiger partial charge is 0.322 e. The minimum absolute atomic E-state index is 0.0316. The molecule has 1 atom stereocenters. The topological polar surface area (TPSA) is 98.8 Å². The van der Waals surface area contributed by atoms with Gasteiger partial charge in [-0.15, -0.1) is 0 Å². The number of anilines is 2. The van der Waals surface area contributed by atoms with Gasteiger partial charge in [-0.1, -0.05) is 0 Å². The molecular formula is C23H26N4O4. The summed E-state index contributed by atoms with van der Waals surface area (Å²) in [6.45, 7) is 6.07. The average Bonchev–Trinajstić information content (AvgIpc) is 2.74. The smallest absolute Gasteiger partial charge is 0.321 e. The number of hydrogen-bond acceptors (Lipinski definition) is 4. The van der Waals surface area contributed by atoms with Crippen LogP contribution in [0.25, 0.3) is 0 Å².